The zero-order chi connectivity index (χ0) is 18.7. The van der Waals surface area contributed by atoms with Crippen LogP contribution in [0, 0.1) is 6.92 Å². The summed E-state index contributed by atoms with van der Waals surface area (Å²) < 4.78 is 12.5. The van der Waals surface area contributed by atoms with Crippen LogP contribution >= 0.6 is 0 Å². The van der Waals surface area contributed by atoms with E-state index in [4.69, 9.17) is 9.47 Å². The second-order valence-electron chi connectivity index (χ2n) is 6.15. The fourth-order valence-electron chi connectivity index (χ4n) is 2.66. The fourth-order valence-corrected chi connectivity index (χ4v) is 2.66. The molecule has 9 nitrogen and oxygen atoms in total. The molecule has 2 aromatic rings. The first-order chi connectivity index (χ1) is 12.4. The molecule has 1 fully saturated rings. The zero-order valence-electron chi connectivity index (χ0n) is 14.5. The topological polar surface area (TPSA) is 115 Å². The van der Waals surface area contributed by atoms with E-state index in [2.05, 4.69) is 15.3 Å². The van der Waals surface area contributed by atoms with E-state index in [0.717, 1.165) is 10.3 Å². The Morgan fingerprint density at radius 2 is 2.23 bits per heavy atom. The smallest absolute Gasteiger partial charge is 0.328 e. The maximum Gasteiger partial charge on any atom is 0.328 e. The van der Waals surface area contributed by atoms with Crippen molar-refractivity contribution < 1.29 is 14.3 Å². The Balaban J connectivity index is 1.74. The van der Waals surface area contributed by atoms with Gasteiger partial charge >= 0.3 is 5.69 Å². The van der Waals surface area contributed by atoms with Gasteiger partial charge in [0.15, 0.2) is 0 Å². The molecule has 3 heterocycles. The highest BCUT2D eigenvalue weighted by atomic mass is 16.5. The minimum Gasteiger partial charge on any atom is -0.484 e. The second-order valence-corrected chi connectivity index (χ2v) is 6.15. The van der Waals surface area contributed by atoms with Crippen molar-refractivity contribution in [2.45, 2.75) is 25.5 Å². The predicted octanol–water partition coefficient (Wildman–Crippen LogP) is -0.257. The van der Waals surface area contributed by atoms with Crippen molar-refractivity contribution in [2.24, 2.45) is 7.05 Å². The SMILES string of the molecule is Cc1ccc(O[C@@H]2COCC[C@@H]2NC(=O)c2cn(C)c(=O)[nH]c2=O)cn1. The van der Waals surface area contributed by atoms with Gasteiger partial charge in [0.05, 0.1) is 18.8 Å². The van der Waals surface area contributed by atoms with Gasteiger partial charge in [-0.25, -0.2) is 4.79 Å². The number of aryl methyl sites for hydroxylation is 2. The molecule has 1 amide bonds. The van der Waals surface area contributed by atoms with Gasteiger partial charge in [-0.3, -0.25) is 19.6 Å². The molecule has 2 aromatic heterocycles. The van der Waals surface area contributed by atoms with Gasteiger partial charge in [0.2, 0.25) is 0 Å². The van der Waals surface area contributed by atoms with Crippen molar-refractivity contribution in [3.63, 3.8) is 0 Å². The van der Waals surface area contributed by atoms with Crippen LogP contribution in [0.25, 0.3) is 0 Å². The minimum atomic E-state index is -0.724. The number of nitrogens with zero attached hydrogens (tertiary/aromatic N) is 2. The molecule has 3 rings (SSSR count). The van der Waals surface area contributed by atoms with Crippen molar-refractivity contribution in [3.05, 3.63) is 56.6 Å². The van der Waals surface area contributed by atoms with Crippen LogP contribution in [0.2, 0.25) is 0 Å². The lowest BCUT2D eigenvalue weighted by Crippen LogP contribution is -2.52. The standard InChI is InChI=1S/C17H20N4O5/c1-10-3-4-11(7-18-10)26-14-9-25-6-5-13(14)19-15(22)12-8-21(2)17(24)20-16(12)23/h3-4,7-8,13-14H,5-6,9H2,1-2H3,(H,19,22)(H,20,23,24)/t13-,14+/m0/s1. The van der Waals surface area contributed by atoms with Crippen LogP contribution in [0.4, 0.5) is 0 Å². The largest absolute Gasteiger partial charge is 0.484 e. The number of carbonyl (C=O) groups excluding carboxylic acids is 1. The monoisotopic (exact) mass is 360 g/mol. The lowest BCUT2D eigenvalue weighted by atomic mass is 10.1. The second kappa shape index (κ2) is 7.52. The van der Waals surface area contributed by atoms with E-state index in [1.165, 1.54) is 13.2 Å². The first-order valence-corrected chi connectivity index (χ1v) is 8.22. The Morgan fingerprint density at radius 1 is 1.42 bits per heavy atom. The normalized spacial score (nSPS) is 19.8. The van der Waals surface area contributed by atoms with Crippen LogP contribution in [0.5, 0.6) is 5.75 Å². The van der Waals surface area contributed by atoms with Crippen LogP contribution in [0.1, 0.15) is 22.5 Å². The maximum atomic E-state index is 12.5. The maximum absolute atomic E-state index is 12.5. The molecule has 0 bridgehead atoms. The van der Waals surface area contributed by atoms with E-state index < -0.39 is 23.3 Å². The molecule has 1 saturated heterocycles. The van der Waals surface area contributed by atoms with Gasteiger partial charge < -0.3 is 19.4 Å². The number of carbonyl (C=O) groups is 1. The van der Waals surface area contributed by atoms with Crippen LogP contribution in [0.15, 0.2) is 34.1 Å². The summed E-state index contributed by atoms with van der Waals surface area (Å²) in [6.07, 6.45) is 2.96. The van der Waals surface area contributed by atoms with Gasteiger partial charge in [-0.2, -0.15) is 0 Å². The molecule has 0 unspecified atom stereocenters. The Kier molecular flexibility index (Phi) is 5.17. The van der Waals surface area contributed by atoms with Gasteiger partial charge in [-0.1, -0.05) is 0 Å². The number of aromatic amines is 1. The number of rotatable bonds is 4. The number of H-pyrrole nitrogens is 1. The number of aromatic nitrogens is 3. The third-order valence-corrected chi connectivity index (χ3v) is 4.15. The van der Waals surface area contributed by atoms with Gasteiger partial charge in [0.1, 0.15) is 17.4 Å². The van der Waals surface area contributed by atoms with E-state index in [1.54, 1.807) is 12.3 Å². The quantitative estimate of drug-likeness (QED) is 0.776. The summed E-state index contributed by atoms with van der Waals surface area (Å²) in [5.41, 5.74) is -0.561. The van der Waals surface area contributed by atoms with Gasteiger partial charge in [-0.15, -0.1) is 0 Å². The Labute approximate surface area is 149 Å². The highest BCUT2D eigenvalue weighted by molar-refractivity contribution is 5.93. The summed E-state index contributed by atoms with van der Waals surface area (Å²) in [5.74, 6) is 0.00897. The number of hydrogen-bond donors (Lipinski definition) is 2. The third kappa shape index (κ3) is 3.99. The van der Waals surface area contributed by atoms with Crippen molar-refractivity contribution in [1.82, 2.24) is 19.9 Å². The highest BCUT2D eigenvalue weighted by Gasteiger charge is 2.30. The van der Waals surface area contributed by atoms with E-state index >= 15 is 0 Å². The summed E-state index contributed by atoms with van der Waals surface area (Å²) in [5, 5.41) is 2.80. The van der Waals surface area contributed by atoms with Crippen molar-refractivity contribution in [2.75, 3.05) is 13.2 Å². The number of amides is 1. The number of nitrogens with one attached hydrogen (secondary N) is 2. The zero-order valence-corrected chi connectivity index (χ0v) is 14.5. The first kappa shape index (κ1) is 17.9. The van der Waals surface area contributed by atoms with E-state index in [0.29, 0.717) is 25.4 Å². The number of ether oxygens (including phenoxy) is 2. The molecule has 0 aliphatic carbocycles. The molecule has 0 aromatic carbocycles. The molecule has 1 aliphatic heterocycles. The Bertz CT molecular complexity index is 903. The van der Waals surface area contributed by atoms with Crippen molar-refractivity contribution in [1.29, 1.82) is 0 Å². The molecule has 0 spiro atoms. The first-order valence-electron chi connectivity index (χ1n) is 8.22. The molecule has 1 aliphatic rings. The van der Waals surface area contributed by atoms with E-state index in [-0.39, 0.29) is 11.6 Å². The van der Waals surface area contributed by atoms with Crippen molar-refractivity contribution in [3.8, 4) is 5.75 Å². The van der Waals surface area contributed by atoms with Crippen LogP contribution in [-0.4, -0.2) is 45.8 Å². The van der Waals surface area contributed by atoms with E-state index in [1.807, 2.05) is 13.0 Å². The molecule has 0 saturated carbocycles. The summed E-state index contributed by atoms with van der Waals surface area (Å²) in [7, 11) is 1.46. The molecule has 2 atom stereocenters. The minimum absolute atomic E-state index is 0.130. The molecule has 2 N–H and O–H groups in total. The van der Waals surface area contributed by atoms with Gasteiger partial charge in [0, 0.05) is 25.5 Å². The van der Waals surface area contributed by atoms with Crippen LogP contribution in [0.3, 0.4) is 0 Å². The van der Waals surface area contributed by atoms with Crippen LogP contribution in [-0.2, 0) is 11.8 Å². The van der Waals surface area contributed by atoms with E-state index in [9.17, 15) is 14.4 Å². The lowest BCUT2D eigenvalue weighted by Gasteiger charge is -2.32. The van der Waals surface area contributed by atoms with Gasteiger partial charge in [0.25, 0.3) is 11.5 Å². The Morgan fingerprint density at radius 3 is 2.96 bits per heavy atom. The lowest BCUT2D eigenvalue weighted by molar-refractivity contribution is -0.0136. The summed E-state index contributed by atoms with van der Waals surface area (Å²) in [4.78, 5) is 42.1. The molecular formula is C17H20N4O5. The summed E-state index contributed by atoms with van der Waals surface area (Å²) in [6, 6.07) is 3.29. The summed E-state index contributed by atoms with van der Waals surface area (Å²) >= 11 is 0. The fraction of sp³-hybridized carbons (Fsp3) is 0.412. The summed E-state index contributed by atoms with van der Waals surface area (Å²) in [6.45, 7) is 2.66. The number of pyridine rings is 1. The molecular weight excluding hydrogens is 340 g/mol. The predicted molar refractivity (Wildman–Crippen MR) is 92.4 cm³/mol. The molecule has 9 heteroatoms. The number of hydrogen-bond acceptors (Lipinski definition) is 6. The average Bonchev–Trinajstić information content (AvgIpc) is 2.61. The van der Waals surface area contributed by atoms with Crippen LogP contribution < -0.4 is 21.3 Å². The average molecular weight is 360 g/mol. The molecule has 138 valence electrons. The van der Waals surface area contributed by atoms with Gasteiger partial charge in [-0.05, 0) is 25.5 Å². The Hall–Kier alpha value is -2.94. The van der Waals surface area contributed by atoms with Crippen molar-refractivity contribution >= 4 is 5.91 Å². The third-order valence-electron chi connectivity index (χ3n) is 4.15. The highest BCUT2D eigenvalue weighted by Crippen LogP contribution is 2.17. The molecule has 0 radical (unpaired) electrons. The molecule has 26 heavy (non-hydrogen) atoms.